The molecule has 1 fully saturated rings. The SMILES string of the molecule is CC1(C)OC[C@H]([C@@H](O)[C@H](O)Cn2c(=O)n3c4c(cccc42)C(C)(C)CC3)O1. The van der Waals surface area contributed by atoms with Crippen molar-refractivity contribution in [1.82, 2.24) is 9.13 Å². The number of hydrogen-bond donors (Lipinski definition) is 2. The van der Waals surface area contributed by atoms with E-state index in [1.54, 1.807) is 23.0 Å². The third-order valence-corrected chi connectivity index (χ3v) is 5.90. The van der Waals surface area contributed by atoms with Crippen LogP contribution in [0.3, 0.4) is 0 Å². The molecular formula is C20H28N2O5. The van der Waals surface area contributed by atoms with Crippen LogP contribution in [0.25, 0.3) is 11.0 Å². The van der Waals surface area contributed by atoms with Crippen LogP contribution >= 0.6 is 0 Å². The van der Waals surface area contributed by atoms with Crippen molar-refractivity contribution >= 4 is 11.0 Å². The number of para-hydroxylation sites is 1. The second kappa shape index (κ2) is 6.17. The highest BCUT2D eigenvalue weighted by molar-refractivity contribution is 5.81. The maximum atomic E-state index is 13.0. The molecule has 1 saturated heterocycles. The first-order valence-electron chi connectivity index (χ1n) is 9.51. The van der Waals surface area contributed by atoms with Crippen LogP contribution in [0.5, 0.6) is 0 Å². The largest absolute Gasteiger partial charge is 0.388 e. The summed E-state index contributed by atoms with van der Waals surface area (Å²) in [5, 5.41) is 21.1. The van der Waals surface area contributed by atoms with Crippen molar-refractivity contribution < 1.29 is 19.7 Å². The summed E-state index contributed by atoms with van der Waals surface area (Å²) in [6, 6.07) is 5.92. The first kappa shape index (κ1) is 18.7. The van der Waals surface area contributed by atoms with E-state index in [0.29, 0.717) is 6.54 Å². The number of imidazole rings is 1. The molecule has 7 heteroatoms. The molecule has 2 aromatic rings. The van der Waals surface area contributed by atoms with Gasteiger partial charge in [-0.1, -0.05) is 26.0 Å². The van der Waals surface area contributed by atoms with E-state index in [-0.39, 0.29) is 24.3 Å². The zero-order valence-corrected chi connectivity index (χ0v) is 16.3. The summed E-state index contributed by atoms with van der Waals surface area (Å²) < 4.78 is 14.5. The van der Waals surface area contributed by atoms with Gasteiger partial charge in [0, 0.05) is 6.54 Å². The molecule has 0 aliphatic carbocycles. The summed E-state index contributed by atoms with van der Waals surface area (Å²) in [6.07, 6.45) is -2.01. The fraction of sp³-hybridized carbons (Fsp3) is 0.650. The summed E-state index contributed by atoms with van der Waals surface area (Å²) >= 11 is 0. The van der Waals surface area contributed by atoms with Gasteiger partial charge in [0.2, 0.25) is 0 Å². The summed E-state index contributed by atoms with van der Waals surface area (Å²) in [5.41, 5.74) is 2.72. The van der Waals surface area contributed by atoms with Crippen molar-refractivity contribution in [3.8, 4) is 0 Å². The van der Waals surface area contributed by atoms with Gasteiger partial charge in [-0.3, -0.25) is 9.13 Å². The van der Waals surface area contributed by atoms with Crippen LogP contribution in [0.2, 0.25) is 0 Å². The van der Waals surface area contributed by atoms with Gasteiger partial charge < -0.3 is 19.7 Å². The monoisotopic (exact) mass is 376 g/mol. The smallest absolute Gasteiger partial charge is 0.329 e. The number of ether oxygens (including phenoxy) is 2. The maximum Gasteiger partial charge on any atom is 0.329 e. The Balaban J connectivity index is 1.67. The molecule has 3 atom stereocenters. The van der Waals surface area contributed by atoms with Gasteiger partial charge in [-0.25, -0.2) is 4.79 Å². The van der Waals surface area contributed by atoms with Gasteiger partial charge in [0.1, 0.15) is 18.3 Å². The van der Waals surface area contributed by atoms with Crippen LogP contribution in [0, 0.1) is 0 Å². The highest BCUT2D eigenvalue weighted by Gasteiger charge is 2.40. The van der Waals surface area contributed by atoms with Crippen LogP contribution in [-0.2, 0) is 28.0 Å². The Morgan fingerprint density at radius 1 is 1.26 bits per heavy atom. The molecular weight excluding hydrogens is 348 g/mol. The van der Waals surface area contributed by atoms with Gasteiger partial charge in [0.05, 0.1) is 24.2 Å². The molecule has 0 unspecified atom stereocenters. The van der Waals surface area contributed by atoms with Crippen molar-refractivity contribution in [3.63, 3.8) is 0 Å². The van der Waals surface area contributed by atoms with Gasteiger partial charge in [0.15, 0.2) is 5.79 Å². The topological polar surface area (TPSA) is 85.9 Å². The highest BCUT2D eigenvalue weighted by Crippen LogP contribution is 2.37. The molecule has 7 nitrogen and oxygen atoms in total. The summed E-state index contributed by atoms with van der Waals surface area (Å²) in [5.74, 6) is -0.780. The van der Waals surface area contributed by atoms with E-state index in [1.807, 2.05) is 12.1 Å². The van der Waals surface area contributed by atoms with Crippen LogP contribution in [0.15, 0.2) is 23.0 Å². The van der Waals surface area contributed by atoms with Crippen molar-refractivity contribution in [2.75, 3.05) is 6.61 Å². The molecule has 2 aliphatic heterocycles. The van der Waals surface area contributed by atoms with Crippen LogP contribution in [-0.4, -0.2) is 50.1 Å². The normalized spacial score (nSPS) is 25.6. The Kier molecular flexibility index (Phi) is 4.27. The fourth-order valence-corrected chi connectivity index (χ4v) is 4.26. The average Bonchev–Trinajstić information content (AvgIpc) is 3.10. The van der Waals surface area contributed by atoms with E-state index in [9.17, 15) is 15.0 Å². The molecule has 1 aromatic carbocycles. The molecule has 0 bridgehead atoms. The number of benzene rings is 1. The van der Waals surface area contributed by atoms with Crippen LogP contribution in [0.4, 0.5) is 0 Å². The number of aliphatic hydroxyl groups is 2. The molecule has 0 amide bonds. The Hall–Kier alpha value is -1.67. The Bertz CT molecular complexity index is 926. The molecule has 0 saturated carbocycles. The molecule has 1 aromatic heterocycles. The number of rotatable bonds is 4. The first-order chi connectivity index (χ1) is 12.6. The van der Waals surface area contributed by atoms with Gasteiger partial charge in [-0.2, -0.15) is 0 Å². The lowest BCUT2D eigenvalue weighted by atomic mass is 9.79. The minimum atomic E-state index is -1.14. The van der Waals surface area contributed by atoms with Gasteiger partial charge in [-0.05, 0) is 37.3 Å². The van der Waals surface area contributed by atoms with Gasteiger partial charge in [0.25, 0.3) is 0 Å². The number of aliphatic hydroxyl groups excluding tert-OH is 2. The van der Waals surface area contributed by atoms with E-state index in [0.717, 1.165) is 23.0 Å². The quantitative estimate of drug-likeness (QED) is 0.842. The van der Waals surface area contributed by atoms with Crippen LogP contribution in [0.1, 0.15) is 39.7 Å². The Morgan fingerprint density at radius 3 is 2.67 bits per heavy atom. The van der Waals surface area contributed by atoms with E-state index < -0.39 is 24.1 Å². The third-order valence-electron chi connectivity index (χ3n) is 5.90. The lowest BCUT2D eigenvalue weighted by Crippen LogP contribution is -2.43. The summed E-state index contributed by atoms with van der Waals surface area (Å²) in [4.78, 5) is 13.0. The fourth-order valence-electron chi connectivity index (χ4n) is 4.26. The standard InChI is InChI=1S/C20H28N2O5/c1-19(2)8-9-21-16-12(19)6-5-7-13(16)22(18(21)25)10-14(23)17(24)15-11-26-20(3,4)27-15/h5-7,14-15,17,23-24H,8-11H2,1-4H3/t14-,15-,17+/m1/s1. The van der Waals surface area contributed by atoms with Crippen molar-refractivity contribution in [3.05, 3.63) is 34.2 Å². The average molecular weight is 376 g/mol. The Morgan fingerprint density at radius 2 is 2.00 bits per heavy atom. The second-order valence-corrected chi connectivity index (χ2v) is 8.78. The maximum absolute atomic E-state index is 13.0. The second-order valence-electron chi connectivity index (χ2n) is 8.78. The Labute approximate surface area is 158 Å². The predicted molar refractivity (Wildman–Crippen MR) is 101 cm³/mol. The highest BCUT2D eigenvalue weighted by atomic mass is 16.7. The predicted octanol–water partition coefficient (Wildman–Crippen LogP) is 1.36. The van der Waals surface area contributed by atoms with E-state index in [1.165, 1.54) is 0 Å². The van der Waals surface area contributed by atoms with Gasteiger partial charge in [-0.15, -0.1) is 0 Å². The van der Waals surface area contributed by atoms with Gasteiger partial charge >= 0.3 is 5.69 Å². The zero-order chi connectivity index (χ0) is 19.6. The molecule has 4 rings (SSSR count). The third kappa shape index (κ3) is 3.02. The molecule has 0 radical (unpaired) electrons. The molecule has 148 valence electrons. The van der Waals surface area contributed by atoms with Crippen molar-refractivity contribution in [2.45, 2.75) is 76.7 Å². The van der Waals surface area contributed by atoms with E-state index in [2.05, 4.69) is 19.9 Å². The zero-order valence-electron chi connectivity index (χ0n) is 16.3. The number of nitrogens with zero attached hydrogens (tertiary/aromatic N) is 2. The number of aryl methyl sites for hydroxylation is 1. The van der Waals surface area contributed by atoms with Crippen LogP contribution < -0.4 is 5.69 Å². The number of hydrogen-bond acceptors (Lipinski definition) is 5. The first-order valence-corrected chi connectivity index (χ1v) is 9.51. The number of aromatic nitrogens is 2. The minimum absolute atomic E-state index is 0.00310. The summed E-state index contributed by atoms with van der Waals surface area (Å²) in [6.45, 7) is 8.77. The molecule has 27 heavy (non-hydrogen) atoms. The van der Waals surface area contributed by atoms with E-state index >= 15 is 0 Å². The summed E-state index contributed by atoms with van der Waals surface area (Å²) in [7, 11) is 0. The molecule has 2 N–H and O–H groups in total. The van der Waals surface area contributed by atoms with Crippen molar-refractivity contribution in [1.29, 1.82) is 0 Å². The van der Waals surface area contributed by atoms with E-state index in [4.69, 9.17) is 9.47 Å². The lowest BCUT2D eigenvalue weighted by Gasteiger charge is -2.30. The van der Waals surface area contributed by atoms with Crippen molar-refractivity contribution in [2.24, 2.45) is 0 Å². The lowest BCUT2D eigenvalue weighted by molar-refractivity contribution is -0.161. The minimum Gasteiger partial charge on any atom is -0.388 e. The molecule has 0 spiro atoms. The molecule has 3 heterocycles. The molecule has 2 aliphatic rings.